The molecular formula is C11H14N4O3. The summed E-state index contributed by atoms with van der Waals surface area (Å²) in [5.41, 5.74) is 5.40. The number of nitrogens with two attached hydrogens (primary N) is 1. The molecule has 0 aromatic carbocycles. The summed E-state index contributed by atoms with van der Waals surface area (Å²) < 4.78 is 9.68. The molecule has 1 heterocycles. The fourth-order valence-electron chi connectivity index (χ4n) is 1.04. The first kappa shape index (κ1) is 13.6. The van der Waals surface area contributed by atoms with Gasteiger partial charge in [0, 0.05) is 12.4 Å². The van der Waals surface area contributed by atoms with Crippen molar-refractivity contribution in [2.75, 3.05) is 13.7 Å². The minimum atomic E-state index is -0.574. The predicted molar refractivity (Wildman–Crippen MR) is 65.6 cm³/mol. The van der Waals surface area contributed by atoms with Crippen LogP contribution >= 0.6 is 0 Å². The second kappa shape index (κ2) is 7.00. The quantitative estimate of drug-likeness (QED) is 0.466. The molecule has 2 N–H and O–H groups in total. The molecule has 0 spiro atoms. The molecule has 0 unspecified atom stereocenters. The molecule has 1 aromatic heterocycles. The minimum absolute atomic E-state index is 0.126. The molecule has 0 amide bonds. The van der Waals surface area contributed by atoms with Crippen molar-refractivity contribution in [3.8, 4) is 5.88 Å². The fourth-order valence-corrected chi connectivity index (χ4v) is 1.04. The van der Waals surface area contributed by atoms with E-state index in [0.29, 0.717) is 18.3 Å². The maximum absolute atomic E-state index is 11.2. The molecule has 0 aliphatic rings. The Morgan fingerprint density at radius 3 is 2.94 bits per heavy atom. The summed E-state index contributed by atoms with van der Waals surface area (Å²) in [4.78, 5) is 23.1. The van der Waals surface area contributed by atoms with Crippen LogP contribution in [0.1, 0.15) is 6.92 Å². The van der Waals surface area contributed by atoms with Crippen LogP contribution in [0.25, 0.3) is 0 Å². The van der Waals surface area contributed by atoms with Crippen molar-refractivity contribution in [2.45, 2.75) is 6.92 Å². The van der Waals surface area contributed by atoms with Crippen LogP contribution in [0, 0.1) is 0 Å². The van der Waals surface area contributed by atoms with Crippen LogP contribution in [0.2, 0.25) is 0 Å². The molecule has 0 bridgehead atoms. The van der Waals surface area contributed by atoms with E-state index < -0.39 is 5.97 Å². The van der Waals surface area contributed by atoms with Crippen molar-refractivity contribution in [1.29, 1.82) is 0 Å². The molecule has 1 rings (SSSR count). The summed E-state index contributed by atoms with van der Waals surface area (Å²) in [6.07, 6.45) is 5.27. The Balaban J connectivity index is 2.83. The summed E-state index contributed by atoms with van der Waals surface area (Å²) in [5, 5.41) is 0. The Labute approximate surface area is 104 Å². The van der Waals surface area contributed by atoms with Crippen molar-refractivity contribution in [2.24, 2.45) is 10.7 Å². The van der Waals surface area contributed by atoms with Crippen molar-refractivity contribution in [3.63, 3.8) is 0 Å². The number of hydrogen-bond acceptors (Lipinski definition) is 7. The van der Waals surface area contributed by atoms with Crippen molar-refractivity contribution >= 4 is 18.0 Å². The second-order valence-electron chi connectivity index (χ2n) is 3.02. The van der Waals surface area contributed by atoms with Crippen LogP contribution in [0.3, 0.4) is 0 Å². The lowest BCUT2D eigenvalue weighted by molar-refractivity contribution is -0.135. The van der Waals surface area contributed by atoms with Gasteiger partial charge in [-0.15, -0.1) is 0 Å². The van der Waals surface area contributed by atoms with Crippen LogP contribution in [-0.4, -0.2) is 35.9 Å². The number of carbonyl (C=O) groups is 1. The normalized spacial score (nSPS) is 11.6. The molecule has 0 saturated carbocycles. The second-order valence-corrected chi connectivity index (χ2v) is 3.02. The average molecular weight is 250 g/mol. The molecule has 0 aliphatic carbocycles. The van der Waals surface area contributed by atoms with Crippen molar-refractivity contribution in [3.05, 3.63) is 24.2 Å². The molecule has 0 aliphatic heterocycles. The number of ether oxygens (including phenoxy) is 2. The molecule has 7 heteroatoms. The standard InChI is InChI=1S/C11H14N4O3/c1-3-18-10-7-13-6-9(15-10)14-5-8(4-12)11(16)17-2/h4-7H,3,12H2,1-2H3/b8-4+,14-5+. The van der Waals surface area contributed by atoms with Gasteiger partial charge in [0.05, 0.1) is 31.7 Å². The van der Waals surface area contributed by atoms with Gasteiger partial charge >= 0.3 is 5.97 Å². The Hall–Kier alpha value is -2.44. The van der Waals surface area contributed by atoms with E-state index in [0.717, 1.165) is 6.20 Å². The summed E-state index contributed by atoms with van der Waals surface area (Å²) in [6, 6.07) is 0. The van der Waals surface area contributed by atoms with Gasteiger partial charge < -0.3 is 15.2 Å². The Bertz CT molecular complexity index is 471. The third kappa shape index (κ3) is 3.85. The summed E-state index contributed by atoms with van der Waals surface area (Å²) in [6.45, 7) is 2.32. The van der Waals surface area contributed by atoms with E-state index in [4.69, 9.17) is 10.5 Å². The van der Waals surface area contributed by atoms with Crippen molar-refractivity contribution < 1.29 is 14.3 Å². The van der Waals surface area contributed by atoms with Crippen LogP contribution < -0.4 is 10.5 Å². The van der Waals surface area contributed by atoms with Gasteiger partial charge in [0.1, 0.15) is 0 Å². The number of hydrogen-bond donors (Lipinski definition) is 1. The van der Waals surface area contributed by atoms with Gasteiger partial charge in [-0.25, -0.2) is 9.79 Å². The molecule has 0 saturated heterocycles. The molecule has 1 aromatic rings. The van der Waals surface area contributed by atoms with Gasteiger partial charge in [-0.05, 0) is 6.92 Å². The van der Waals surface area contributed by atoms with Crippen LogP contribution in [-0.2, 0) is 9.53 Å². The highest BCUT2D eigenvalue weighted by atomic mass is 16.5. The molecule has 7 nitrogen and oxygen atoms in total. The van der Waals surface area contributed by atoms with E-state index in [1.54, 1.807) is 0 Å². The zero-order valence-corrected chi connectivity index (χ0v) is 10.2. The maximum Gasteiger partial charge on any atom is 0.340 e. The van der Waals surface area contributed by atoms with Crippen LogP contribution in [0.15, 0.2) is 29.2 Å². The van der Waals surface area contributed by atoms with E-state index in [1.807, 2.05) is 6.92 Å². The van der Waals surface area contributed by atoms with Crippen molar-refractivity contribution in [1.82, 2.24) is 9.97 Å². The third-order valence-electron chi connectivity index (χ3n) is 1.83. The average Bonchev–Trinajstić information content (AvgIpc) is 2.40. The van der Waals surface area contributed by atoms with Gasteiger partial charge in [0.2, 0.25) is 5.88 Å². The monoisotopic (exact) mass is 250 g/mol. The van der Waals surface area contributed by atoms with E-state index in [-0.39, 0.29) is 5.57 Å². The fraction of sp³-hybridized carbons (Fsp3) is 0.273. The van der Waals surface area contributed by atoms with Gasteiger partial charge in [0.25, 0.3) is 0 Å². The van der Waals surface area contributed by atoms with E-state index >= 15 is 0 Å². The van der Waals surface area contributed by atoms with Gasteiger partial charge in [0.15, 0.2) is 5.82 Å². The molecule has 0 atom stereocenters. The number of esters is 1. The van der Waals surface area contributed by atoms with Crippen LogP contribution in [0.4, 0.5) is 5.82 Å². The van der Waals surface area contributed by atoms with Gasteiger partial charge in [-0.2, -0.15) is 4.98 Å². The summed E-state index contributed by atoms with van der Waals surface area (Å²) in [5.74, 6) is 0.0999. The number of aromatic nitrogens is 2. The predicted octanol–water partition coefficient (Wildman–Crippen LogP) is 0.593. The molecule has 0 fully saturated rings. The highest BCUT2D eigenvalue weighted by Gasteiger charge is 2.05. The number of rotatable bonds is 5. The SMILES string of the molecule is CCOc1cncc(/N=C/C(=C\N)C(=O)OC)n1. The van der Waals surface area contributed by atoms with E-state index in [2.05, 4.69) is 19.7 Å². The number of nitrogens with zero attached hydrogens (tertiary/aromatic N) is 3. The first-order chi connectivity index (χ1) is 8.71. The smallest absolute Gasteiger partial charge is 0.340 e. The largest absolute Gasteiger partial charge is 0.477 e. The Morgan fingerprint density at radius 1 is 1.56 bits per heavy atom. The van der Waals surface area contributed by atoms with E-state index in [1.165, 1.54) is 25.7 Å². The third-order valence-corrected chi connectivity index (χ3v) is 1.83. The highest BCUT2D eigenvalue weighted by Crippen LogP contribution is 2.11. The minimum Gasteiger partial charge on any atom is -0.477 e. The van der Waals surface area contributed by atoms with Gasteiger partial charge in [-0.1, -0.05) is 0 Å². The highest BCUT2D eigenvalue weighted by molar-refractivity contribution is 6.09. The number of methoxy groups -OCH3 is 1. The number of aliphatic imine (C=N–C) groups is 1. The molecular weight excluding hydrogens is 236 g/mol. The maximum atomic E-state index is 11.2. The Morgan fingerprint density at radius 2 is 2.33 bits per heavy atom. The zero-order valence-electron chi connectivity index (χ0n) is 10.2. The molecule has 96 valence electrons. The number of carbonyl (C=O) groups excluding carboxylic acids is 1. The lowest BCUT2D eigenvalue weighted by Gasteiger charge is -2.01. The van der Waals surface area contributed by atoms with Crippen LogP contribution in [0.5, 0.6) is 5.88 Å². The first-order valence-electron chi connectivity index (χ1n) is 5.20. The Kier molecular flexibility index (Phi) is 5.30. The van der Waals surface area contributed by atoms with Gasteiger partial charge in [-0.3, -0.25) is 4.98 Å². The first-order valence-corrected chi connectivity index (χ1v) is 5.20. The summed E-state index contributed by atoms with van der Waals surface area (Å²) >= 11 is 0. The summed E-state index contributed by atoms with van der Waals surface area (Å²) in [7, 11) is 1.26. The molecule has 18 heavy (non-hydrogen) atoms. The lowest BCUT2D eigenvalue weighted by Crippen LogP contribution is -2.07. The molecule has 0 radical (unpaired) electrons. The lowest BCUT2D eigenvalue weighted by atomic mass is 10.3. The van der Waals surface area contributed by atoms with E-state index in [9.17, 15) is 4.79 Å². The zero-order chi connectivity index (χ0) is 13.4. The topological polar surface area (TPSA) is 99.7 Å².